The minimum atomic E-state index is -0.220. The highest BCUT2D eigenvalue weighted by atomic mass is 35.5. The molecule has 2 aliphatic rings. The summed E-state index contributed by atoms with van der Waals surface area (Å²) in [5, 5.41) is 4.08. The number of nitrogens with zero attached hydrogens (tertiary/aromatic N) is 1. The standard InChI is InChI=1S/C26H33ClN2O/c27-23-13-11-22(12-14-23)25(26(30)28-24-9-5-2-6-10-24)29-17-15-21(16-18-29)19-20-7-3-1-4-8-20/h1,3-4,7-8,11-14,21,24-25H,2,5-6,9-10,15-19H2,(H,28,30)/t25-/m0/s1. The number of hydrogen-bond acceptors (Lipinski definition) is 2. The zero-order chi connectivity index (χ0) is 20.8. The molecule has 1 saturated heterocycles. The Morgan fingerprint density at radius 2 is 1.60 bits per heavy atom. The van der Waals surface area contributed by atoms with E-state index < -0.39 is 0 Å². The van der Waals surface area contributed by atoms with E-state index >= 15 is 0 Å². The quantitative estimate of drug-likeness (QED) is 0.636. The lowest BCUT2D eigenvalue weighted by Crippen LogP contribution is -2.47. The summed E-state index contributed by atoms with van der Waals surface area (Å²) in [6, 6.07) is 18.7. The second-order valence-electron chi connectivity index (χ2n) is 8.97. The lowest BCUT2D eigenvalue weighted by molar-refractivity contribution is -0.128. The molecule has 3 nitrogen and oxygen atoms in total. The van der Waals surface area contributed by atoms with Crippen molar-refractivity contribution in [2.75, 3.05) is 13.1 Å². The molecule has 1 N–H and O–H groups in total. The molecule has 30 heavy (non-hydrogen) atoms. The second-order valence-corrected chi connectivity index (χ2v) is 9.40. The van der Waals surface area contributed by atoms with Crippen LogP contribution in [-0.2, 0) is 11.2 Å². The summed E-state index contributed by atoms with van der Waals surface area (Å²) in [7, 11) is 0. The van der Waals surface area contributed by atoms with Gasteiger partial charge in [0.2, 0.25) is 5.91 Å². The van der Waals surface area contributed by atoms with Gasteiger partial charge in [-0.3, -0.25) is 9.69 Å². The number of hydrogen-bond donors (Lipinski definition) is 1. The maximum Gasteiger partial charge on any atom is 0.242 e. The highest BCUT2D eigenvalue weighted by Crippen LogP contribution is 2.30. The van der Waals surface area contributed by atoms with Crippen LogP contribution in [0.5, 0.6) is 0 Å². The van der Waals surface area contributed by atoms with Crippen molar-refractivity contribution in [3.05, 3.63) is 70.7 Å². The average Bonchev–Trinajstić information content (AvgIpc) is 2.78. The van der Waals surface area contributed by atoms with Crippen LogP contribution in [0.1, 0.15) is 62.1 Å². The highest BCUT2D eigenvalue weighted by Gasteiger charge is 2.32. The van der Waals surface area contributed by atoms with Crippen molar-refractivity contribution in [2.45, 2.75) is 63.5 Å². The van der Waals surface area contributed by atoms with Gasteiger partial charge in [-0.25, -0.2) is 0 Å². The molecule has 4 heteroatoms. The van der Waals surface area contributed by atoms with Crippen LogP contribution in [0, 0.1) is 5.92 Å². The zero-order valence-electron chi connectivity index (χ0n) is 17.7. The van der Waals surface area contributed by atoms with Crippen molar-refractivity contribution >= 4 is 17.5 Å². The van der Waals surface area contributed by atoms with Crippen molar-refractivity contribution in [2.24, 2.45) is 5.92 Å². The summed E-state index contributed by atoms with van der Waals surface area (Å²) in [4.78, 5) is 15.8. The van der Waals surface area contributed by atoms with E-state index in [0.717, 1.165) is 50.8 Å². The summed E-state index contributed by atoms with van der Waals surface area (Å²) in [6.07, 6.45) is 9.36. The van der Waals surface area contributed by atoms with E-state index in [1.165, 1.54) is 24.8 Å². The molecule has 0 bridgehead atoms. The van der Waals surface area contributed by atoms with Crippen LogP contribution in [0.25, 0.3) is 0 Å². The smallest absolute Gasteiger partial charge is 0.242 e. The number of likely N-dealkylation sites (tertiary alicyclic amines) is 1. The Balaban J connectivity index is 1.43. The number of amides is 1. The van der Waals surface area contributed by atoms with Gasteiger partial charge in [0, 0.05) is 11.1 Å². The first kappa shape index (κ1) is 21.4. The van der Waals surface area contributed by atoms with Gasteiger partial charge in [0.25, 0.3) is 0 Å². The number of halogens is 1. The molecular weight excluding hydrogens is 392 g/mol. The Morgan fingerprint density at radius 1 is 0.933 bits per heavy atom. The fraction of sp³-hybridized carbons (Fsp3) is 0.500. The number of benzene rings is 2. The van der Waals surface area contributed by atoms with E-state index in [2.05, 4.69) is 40.5 Å². The van der Waals surface area contributed by atoms with Crippen LogP contribution in [-0.4, -0.2) is 29.9 Å². The van der Waals surface area contributed by atoms with Crippen molar-refractivity contribution in [3.63, 3.8) is 0 Å². The Bertz CT molecular complexity index is 794. The zero-order valence-corrected chi connectivity index (χ0v) is 18.5. The molecule has 0 aromatic heterocycles. The van der Waals surface area contributed by atoms with Gasteiger partial charge in [-0.15, -0.1) is 0 Å². The Morgan fingerprint density at radius 3 is 2.27 bits per heavy atom. The summed E-state index contributed by atoms with van der Waals surface area (Å²) in [5.74, 6) is 0.849. The summed E-state index contributed by atoms with van der Waals surface area (Å²) >= 11 is 6.12. The van der Waals surface area contributed by atoms with Crippen molar-refractivity contribution in [3.8, 4) is 0 Å². The third kappa shape index (κ3) is 5.65. The Kier molecular flexibility index (Phi) is 7.46. The predicted molar refractivity (Wildman–Crippen MR) is 124 cm³/mol. The summed E-state index contributed by atoms with van der Waals surface area (Å²) in [5.41, 5.74) is 2.47. The molecule has 0 radical (unpaired) electrons. The molecule has 1 aliphatic heterocycles. The first-order valence-electron chi connectivity index (χ1n) is 11.5. The third-order valence-corrected chi connectivity index (χ3v) is 7.02. The SMILES string of the molecule is O=C(NC1CCCCC1)[C@H](c1ccc(Cl)cc1)N1CCC(Cc2ccccc2)CC1. The molecule has 1 amide bonds. The average molecular weight is 425 g/mol. The van der Waals surface area contributed by atoms with Crippen LogP contribution in [0.3, 0.4) is 0 Å². The first-order chi connectivity index (χ1) is 14.7. The van der Waals surface area contributed by atoms with Gasteiger partial charge < -0.3 is 5.32 Å². The Labute approximate surface area is 185 Å². The largest absolute Gasteiger partial charge is 0.352 e. The molecule has 0 spiro atoms. The van der Waals surface area contributed by atoms with Gasteiger partial charge in [-0.2, -0.15) is 0 Å². The number of rotatable bonds is 6. The van der Waals surface area contributed by atoms with Crippen LogP contribution in [0.2, 0.25) is 5.02 Å². The number of nitrogens with one attached hydrogen (secondary N) is 1. The molecule has 1 atom stereocenters. The van der Waals surface area contributed by atoms with Crippen LogP contribution >= 0.6 is 11.6 Å². The minimum absolute atomic E-state index is 0.158. The number of piperidine rings is 1. The monoisotopic (exact) mass is 424 g/mol. The van der Waals surface area contributed by atoms with E-state index in [9.17, 15) is 4.79 Å². The lowest BCUT2D eigenvalue weighted by atomic mass is 9.88. The minimum Gasteiger partial charge on any atom is -0.352 e. The topological polar surface area (TPSA) is 32.3 Å². The Hall–Kier alpha value is -1.84. The van der Waals surface area contributed by atoms with E-state index in [4.69, 9.17) is 11.6 Å². The summed E-state index contributed by atoms with van der Waals surface area (Å²) in [6.45, 7) is 1.92. The molecule has 4 rings (SSSR count). The fourth-order valence-corrected chi connectivity index (χ4v) is 5.19. The van der Waals surface area contributed by atoms with Gasteiger partial charge in [-0.1, -0.05) is 73.3 Å². The van der Waals surface area contributed by atoms with Gasteiger partial charge in [0.15, 0.2) is 0 Å². The number of carbonyl (C=O) groups excluding carboxylic acids is 1. The van der Waals surface area contributed by atoms with E-state index in [-0.39, 0.29) is 11.9 Å². The number of carbonyl (C=O) groups is 1. The van der Waals surface area contributed by atoms with Crippen LogP contribution < -0.4 is 5.32 Å². The van der Waals surface area contributed by atoms with E-state index in [1.807, 2.05) is 24.3 Å². The predicted octanol–water partition coefficient (Wildman–Crippen LogP) is 5.78. The van der Waals surface area contributed by atoms with Gasteiger partial charge >= 0.3 is 0 Å². The van der Waals surface area contributed by atoms with Crippen LogP contribution in [0.15, 0.2) is 54.6 Å². The van der Waals surface area contributed by atoms with E-state index in [1.54, 1.807) is 0 Å². The molecule has 1 aliphatic carbocycles. The van der Waals surface area contributed by atoms with Crippen LogP contribution in [0.4, 0.5) is 0 Å². The molecule has 1 heterocycles. The van der Waals surface area contributed by atoms with Crippen molar-refractivity contribution in [1.82, 2.24) is 10.2 Å². The molecule has 2 aromatic rings. The third-order valence-electron chi connectivity index (χ3n) is 6.77. The highest BCUT2D eigenvalue weighted by molar-refractivity contribution is 6.30. The lowest BCUT2D eigenvalue weighted by Gasteiger charge is -2.38. The molecule has 2 fully saturated rings. The summed E-state index contributed by atoms with van der Waals surface area (Å²) < 4.78 is 0. The normalized spacial score (nSPS) is 20.0. The van der Waals surface area contributed by atoms with Gasteiger partial charge in [0.05, 0.1) is 0 Å². The first-order valence-corrected chi connectivity index (χ1v) is 11.9. The van der Waals surface area contributed by atoms with Crippen molar-refractivity contribution < 1.29 is 4.79 Å². The molecule has 0 unspecified atom stereocenters. The fourth-order valence-electron chi connectivity index (χ4n) is 5.06. The van der Waals surface area contributed by atoms with Gasteiger partial charge in [-0.05, 0) is 74.4 Å². The molecule has 160 valence electrons. The molecular formula is C26H33ClN2O. The van der Waals surface area contributed by atoms with E-state index in [0.29, 0.717) is 17.0 Å². The van der Waals surface area contributed by atoms with Gasteiger partial charge in [0.1, 0.15) is 6.04 Å². The maximum atomic E-state index is 13.4. The molecule has 2 aromatic carbocycles. The maximum absolute atomic E-state index is 13.4. The van der Waals surface area contributed by atoms with Crippen molar-refractivity contribution in [1.29, 1.82) is 0 Å². The molecule has 1 saturated carbocycles. The second kappa shape index (κ2) is 10.5.